The molecule has 0 aromatic carbocycles. The highest BCUT2D eigenvalue weighted by molar-refractivity contribution is 7.80. The first-order chi connectivity index (χ1) is 7.75. The van der Waals surface area contributed by atoms with Crippen LogP contribution < -0.4 is 11.1 Å². The molecule has 0 spiro atoms. The Kier molecular flexibility index (Phi) is 3.63. The molecule has 86 valence electrons. The molecule has 0 atom stereocenters. The molecular weight excluding hydrogens is 224 g/mol. The Labute approximate surface area is 99.4 Å². The van der Waals surface area contributed by atoms with Crippen molar-refractivity contribution in [3.05, 3.63) is 18.0 Å². The molecule has 1 aromatic heterocycles. The van der Waals surface area contributed by atoms with Gasteiger partial charge in [-0.2, -0.15) is 0 Å². The predicted octanol–water partition coefficient (Wildman–Crippen LogP) is 0.702. The van der Waals surface area contributed by atoms with Gasteiger partial charge in [0.2, 0.25) is 5.95 Å². The Balaban J connectivity index is 2.02. The quantitative estimate of drug-likeness (QED) is 0.755. The van der Waals surface area contributed by atoms with Gasteiger partial charge < -0.3 is 15.8 Å². The molecule has 0 bridgehead atoms. The summed E-state index contributed by atoms with van der Waals surface area (Å²) in [5.41, 5.74) is 6.11. The van der Waals surface area contributed by atoms with Crippen molar-refractivity contribution in [1.29, 1.82) is 0 Å². The minimum Gasteiger partial charge on any atom is -0.388 e. The predicted molar refractivity (Wildman–Crippen MR) is 65.4 cm³/mol. The number of rotatable bonds is 3. The van der Waals surface area contributed by atoms with Crippen LogP contribution in [0.3, 0.4) is 0 Å². The fourth-order valence-electron chi connectivity index (χ4n) is 1.59. The van der Waals surface area contributed by atoms with E-state index in [1.54, 1.807) is 12.3 Å². The van der Waals surface area contributed by atoms with Crippen LogP contribution in [-0.4, -0.2) is 34.2 Å². The average molecular weight is 238 g/mol. The summed E-state index contributed by atoms with van der Waals surface area (Å²) in [6, 6.07) is 2.08. The first kappa shape index (κ1) is 11.2. The second-order valence-electron chi connectivity index (χ2n) is 3.66. The molecule has 3 N–H and O–H groups in total. The van der Waals surface area contributed by atoms with Crippen LogP contribution in [0.5, 0.6) is 0 Å². The SMILES string of the molecule is NC(=S)c1ccnc(NC2CCOCC2)n1. The van der Waals surface area contributed by atoms with Gasteiger partial charge in [-0.3, -0.25) is 0 Å². The van der Waals surface area contributed by atoms with Gasteiger partial charge in [0, 0.05) is 25.5 Å². The summed E-state index contributed by atoms with van der Waals surface area (Å²) >= 11 is 4.87. The van der Waals surface area contributed by atoms with Gasteiger partial charge in [-0.05, 0) is 18.9 Å². The summed E-state index contributed by atoms with van der Waals surface area (Å²) < 4.78 is 5.28. The fraction of sp³-hybridized carbons (Fsp3) is 0.500. The Hall–Kier alpha value is -1.27. The third-order valence-corrected chi connectivity index (χ3v) is 2.67. The molecule has 5 nitrogen and oxygen atoms in total. The van der Waals surface area contributed by atoms with E-state index in [-0.39, 0.29) is 4.99 Å². The van der Waals surface area contributed by atoms with E-state index in [0.29, 0.717) is 17.7 Å². The second-order valence-corrected chi connectivity index (χ2v) is 4.10. The summed E-state index contributed by atoms with van der Waals surface area (Å²) in [6.07, 6.45) is 3.60. The Morgan fingerprint density at radius 2 is 2.25 bits per heavy atom. The summed E-state index contributed by atoms with van der Waals surface area (Å²) in [6.45, 7) is 1.57. The van der Waals surface area contributed by atoms with E-state index in [4.69, 9.17) is 22.7 Å². The van der Waals surface area contributed by atoms with Crippen molar-refractivity contribution in [1.82, 2.24) is 9.97 Å². The van der Waals surface area contributed by atoms with E-state index in [1.165, 1.54) is 0 Å². The van der Waals surface area contributed by atoms with E-state index in [2.05, 4.69) is 15.3 Å². The number of hydrogen-bond acceptors (Lipinski definition) is 5. The van der Waals surface area contributed by atoms with Gasteiger partial charge in [0.15, 0.2) is 0 Å². The van der Waals surface area contributed by atoms with E-state index in [0.717, 1.165) is 26.1 Å². The molecule has 0 unspecified atom stereocenters. The molecule has 0 aliphatic carbocycles. The summed E-state index contributed by atoms with van der Waals surface area (Å²) in [5, 5.41) is 3.26. The molecule has 16 heavy (non-hydrogen) atoms. The largest absolute Gasteiger partial charge is 0.388 e. The van der Waals surface area contributed by atoms with Crippen molar-refractivity contribution in [3.8, 4) is 0 Å². The number of nitrogens with one attached hydrogen (secondary N) is 1. The van der Waals surface area contributed by atoms with Crippen molar-refractivity contribution in [2.24, 2.45) is 5.73 Å². The van der Waals surface area contributed by atoms with Gasteiger partial charge in [0.05, 0.1) is 0 Å². The molecule has 0 saturated carbocycles. The first-order valence-corrected chi connectivity index (χ1v) is 5.63. The van der Waals surface area contributed by atoms with Crippen molar-refractivity contribution < 1.29 is 4.74 Å². The Bertz CT molecular complexity index is 379. The van der Waals surface area contributed by atoms with Crippen LogP contribution in [0.1, 0.15) is 18.5 Å². The molecule has 1 saturated heterocycles. The zero-order chi connectivity index (χ0) is 11.4. The maximum Gasteiger partial charge on any atom is 0.223 e. The van der Waals surface area contributed by atoms with Crippen LogP contribution in [0.4, 0.5) is 5.95 Å². The highest BCUT2D eigenvalue weighted by Gasteiger charge is 2.14. The molecule has 1 fully saturated rings. The lowest BCUT2D eigenvalue weighted by molar-refractivity contribution is 0.0903. The number of hydrogen-bond donors (Lipinski definition) is 2. The van der Waals surface area contributed by atoms with Crippen LogP contribution >= 0.6 is 12.2 Å². The van der Waals surface area contributed by atoms with Gasteiger partial charge >= 0.3 is 0 Å². The van der Waals surface area contributed by atoms with Crippen LogP contribution in [0.15, 0.2) is 12.3 Å². The molecule has 2 rings (SSSR count). The number of ether oxygens (including phenoxy) is 1. The fourth-order valence-corrected chi connectivity index (χ4v) is 1.70. The van der Waals surface area contributed by atoms with E-state index >= 15 is 0 Å². The van der Waals surface area contributed by atoms with Crippen LogP contribution in [0.2, 0.25) is 0 Å². The lowest BCUT2D eigenvalue weighted by atomic mass is 10.1. The lowest BCUT2D eigenvalue weighted by Gasteiger charge is -2.23. The minimum atomic E-state index is 0.289. The van der Waals surface area contributed by atoms with Crippen LogP contribution in [0, 0.1) is 0 Å². The lowest BCUT2D eigenvalue weighted by Crippen LogP contribution is -2.29. The molecule has 6 heteroatoms. The highest BCUT2D eigenvalue weighted by Crippen LogP contribution is 2.11. The van der Waals surface area contributed by atoms with E-state index in [9.17, 15) is 0 Å². The van der Waals surface area contributed by atoms with E-state index in [1.807, 2.05) is 0 Å². The standard InChI is InChI=1S/C10H14N4OS/c11-9(16)8-1-4-12-10(14-8)13-7-2-5-15-6-3-7/h1,4,7H,2-3,5-6H2,(H2,11,16)(H,12,13,14). The summed E-state index contributed by atoms with van der Waals surface area (Å²) in [7, 11) is 0. The molecule has 1 aliphatic rings. The van der Waals surface area contributed by atoms with Gasteiger partial charge in [-0.1, -0.05) is 12.2 Å². The van der Waals surface area contributed by atoms with Gasteiger partial charge in [0.25, 0.3) is 0 Å². The second kappa shape index (κ2) is 5.18. The smallest absolute Gasteiger partial charge is 0.223 e. The number of nitrogens with two attached hydrogens (primary N) is 1. The number of nitrogens with zero attached hydrogens (tertiary/aromatic N) is 2. The molecule has 0 amide bonds. The van der Waals surface area contributed by atoms with Crippen molar-refractivity contribution in [2.45, 2.75) is 18.9 Å². The monoisotopic (exact) mass is 238 g/mol. The summed E-state index contributed by atoms with van der Waals surface area (Å²) in [5.74, 6) is 0.581. The molecule has 0 radical (unpaired) electrons. The van der Waals surface area contributed by atoms with E-state index < -0.39 is 0 Å². The van der Waals surface area contributed by atoms with Gasteiger partial charge in [-0.15, -0.1) is 0 Å². The molecule has 1 aromatic rings. The van der Waals surface area contributed by atoms with Crippen LogP contribution in [-0.2, 0) is 4.74 Å². The van der Waals surface area contributed by atoms with Crippen molar-refractivity contribution >= 4 is 23.2 Å². The van der Waals surface area contributed by atoms with Crippen LogP contribution in [0.25, 0.3) is 0 Å². The number of aromatic nitrogens is 2. The topological polar surface area (TPSA) is 73.1 Å². The number of anilines is 1. The zero-order valence-corrected chi connectivity index (χ0v) is 9.67. The third-order valence-electron chi connectivity index (χ3n) is 2.46. The Morgan fingerprint density at radius 3 is 2.94 bits per heavy atom. The first-order valence-electron chi connectivity index (χ1n) is 5.23. The average Bonchev–Trinajstić information content (AvgIpc) is 2.30. The Morgan fingerprint density at radius 1 is 1.50 bits per heavy atom. The highest BCUT2D eigenvalue weighted by atomic mass is 32.1. The molecule has 1 aliphatic heterocycles. The zero-order valence-electron chi connectivity index (χ0n) is 8.85. The molecule has 2 heterocycles. The number of thiocarbonyl (C=S) groups is 1. The summed E-state index contributed by atoms with van der Waals surface area (Å²) in [4.78, 5) is 8.66. The van der Waals surface area contributed by atoms with Gasteiger partial charge in [0.1, 0.15) is 10.7 Å². The van der Waals surface area contributed by atoms with Gasteiger partial charge in [-0.25, -0.2) is 9.97 Å². The third kappa shape index (κ3) is 2.86. The molecular formula is C10H14N4OS. The van der Waals surface area contributed by atoms with Crippen molar-refractivity contribution in [3.63, 3.8) is 0 Å². The minimum absolute atomic E-state index is 0.289. The maximum atomic E-state index is 5.51. The van der Waals surface area contributed by atoms with Crippen molar-refractivity contribution in [2.75, 3.05) is 18.5 Å². The normalized spacial score (nSPS) is 17.0. The maximum absolute atomic E-state index is 5.51.